The van der Waals surface area contributed by atoms with Crippen LogP contribution in [0.3, 0.4) is 0 Å². The van der Waals surface area contributed by atoms with Crippen molar-refractivity contribution in [2.24, 2.45) is 0 Å². The number of benzene rings is 1. The third-order valence-electron chi connectivity index (χ3n) is 3.94. The Morgan fingerprint density at radius 2 is 1.81 bits per heavy atom. The van der Waals surface area contributed by atoms with Crippen LogP contribution in [0.2, 0.25) is 0 Å². The first-order valence-corrected chi connectivity index (χ1v) is 8.58. The summed E-state index contributed by atoms with van der Waals surface area (Å²) in [7, 11) is 3.14. The minimum Gasteiger partial charge on any atom is -0.493 e. The highest BCUT2D eigenvalue weighted by Gasteiger charge is 2.13. The second-order valence-corrected chi connectivity index (χ2v) is 6.10. The van der Waals surface area contributed by atoms with E-state index in [1.54, 1.807) is 26.4 Å². The number of methoxy groups -OCH3 is 2. The zero-order valence-electron chi connectivity index (χ0n) is 16.1. The van der Waals surface area contributed by atoms with E-state index in [-0.39, 0.29) is 6.61 Å². The fourth-order valence-corrected chi connectivity index (χ4v) is 2.31. The average Bonchev–Trinajstić information content (AvgIpc) is 2.64. The molecule has 1 aromatic carbocycles. The lowest BCUT2D eigenvalue weighted by Crippen LogP contribution is -2.07. The van der Waals surface area contributed by atoms with Crippen LogP contribution in [-0.4, -0.2) is 43.8 Å². The highest BCUT2D eigenvalue weighted by Crippen LogP contribution is 2.39. The molecule has 1 aromatic rings. The quantitative estimate of drug-likeness (QED) is 0.587. The first-order valence-electron chi connectivity index (χ1n) is 8.58. The predicted molar refractivity (Wildman–Crippen MR) is 105 cm³/mol. The van der Waals surface area contributed by atoms with Crippen LogP contribution in [0.25, 0.3) is 6.08 Å². The van der Waals surface area contributed by atoms with Crippen molar-refractivity contribution in [1.82, 2.24) is 0 Å². The van der Waals surface area contributed by atoms with Gasteiger partial charge in [-0.2, -0.15) is 0 Å². The fourth-order valence-electron chi connectivity index (χ4n) is 2.31. The number of aliphatic hydroxyl groups excluding tert-OH is 2. The number of rotatable bonds is 11. The summed E-state index contributed by atoms with van der Waals surface area (Å²) < 4.78 is 16.7. The average molecular weight is 362 g/mol. The van der Waals surface area contributed by atoms with Crippen LogP contribution in [0.15, 0.2) is 42.0 Å². The molecule has 0 heterocycles. The van der Waals surface area contributed by atoms with Gasteiger partial charge in [0.2, 0.25) is 5.75 Å². The number of hydrogen-bond acceptors (Lipinski definition) is 5. The standard InChI is InChI=1S/C21H30O5/c1-15(2)18(23)9-8-16(3)10-12-26-21-19(24-4)13-17(7-6-11-22)14-20(21)25-5/h6-7,10,13-14,18,22-23H,1,8-9,11-12H2,2-5H3/t18-/m1/s1. The van der Waals surface area contributed by atoms with E-state index >= 15 is 0 Å². The molecule has 26 heavy (non-hydrogen) atoms. The molecule has 2 N–H and O–H groups in total. The number of ether oxygens (including phenoxy) is 3. The molecule has 0 saturated heterocycles. The maximum atomic E-state index is 9.79. The van der Waals surface area contributed by atoms with Crippen LogP contribution < -0.4 is 14.2 Å². The molecule has 0 aromatic heterocycles. The van der Waals surface area contributed by atoms with Gasteiger partial charge in [0.1, 0.15) is 6.61 Å². The van der Waals surface area contributed by atoms with Gasteiger partial charge in [-0.1, -0.05) is 29.9 Å². The Morgan fingerprint density at radius 1 is 1.19 bits per heavy atom. The summed E-state index contributed by atoms with van der Waals surface area (Å²) in [5, 5.41) is 18.7. The molecule has 0 bridgehead atoms. The SMILES string of the molecule is C=C(C)[C@H](O)CCC(C)=CCOc1c(OC)cc(C=CCO)cc1OC. The lowest BCUT2D eigenvalue weighted by atomic mass is 10.0. The van der Waals surface area contributed by atoms with E-state index in [4.69, 9.17) is 19.3 Å². The first kappa shape index (κ1) is 21.8. The summed E-state index contributed by atoms with van der Waals surface area (Å²) >= 11 is 0. The Balaban J connectivity index is 2.80. The van der Waals surface area contributed by atoms with Crippen molar-refractivity contribution in [3.05, 3.63) is 47.6 Å². The first-order chi connectivity index (χ1) is 12.4. The van der Waals surface area contributed by atoms with E-state index in [1.165, 1.54) is 0 Å². The van der Waals surface area contributed by atoms with Gasteiger partial charge in [0.05, 0.1) is 26.9 Å². The van der Waals surface area contributed by atoms with Gasteiger partial charge in [-0.3, -0.25) is 0 Å². The molecule has 0 aliphatic carbocycles. The maximum Gasteiger partial charge on any atom is 0.203 e. The molecule has 1 rings (SSSR count). The minimum atomic E-state index is -0.473. The second kappa shape index (κ2) is 11.4. The molecule has 0 saturated carbocycles. The summed E-state index contributed by atoms with van der Waals surface area (Å²) in [6.45, 7) is 7.92. The monoisotopic (exact) mass is 362 g/mol. The van der Waals surface area contributed by atoms with Crippen molar-refractivity contribution in [3.8, 4) is 17.2 Å². The van der Waals surface area contributed by atoms with Gasteiger partial charge in [-0.25, -0.2) is 0 Å². The van der Waals surface area contributed by atoms with Crippen molar-refractivity contribution in [3.63, 3.8) is 0 Å². The topological polar surface area (TPSA) is 68.2 Å². The van der Waals surface area contributed by atoms with E-state index in [9.17, 15) is 5.11 Å². The van der Waals surface area contributed by atoms with Gasteiger partial charge in [0.15, 0.2) is 11.5 Å². The zero-order valence-corrected chi connectivity index (χ0v) is 16.1. The van der Waals surface area contributed by atoms with E-state index in [0.717, 1.165) is 23.1 Å². The number of hydrogen-bond donors (Lipinski definition) is 2. The highest BCUT2D eigenvalue weighted by atomic mass is 16.5. The summed E-state index contributed by atoms with van der Waals surface area (Å²) in [5.41, 5.74) is 2.75. The Hall–Kier alpha value is -2.24. The molecule has 0 aliphatic heterocycles. The molecular formula is C21H30O5. The maximum absolute atomic E-state index is 9.79. The van der Waals surface area contributed by atoms with Crippen LogP contribution in [0.4, 0.5) is 0 Å². The van der Waals surface area contributed by atoms with E-state index in [0.29, 0.717) is 30.3 Å². The zero-order chi connectivity index (χ0) is 19.5. The molecule has 0 amide bonds. The number of allylic oxidation sites excluding steroid dienone is 1. The van der Waals surface area contributed by atoms with Crippen molar-refractivity contribution >= 4 is 6.08 Å². The van der Waals surface area contributed by atoms with Gasteiger partial charge in [-0.15, -0.1) is 0 Å². The van der Waals surface area contributed by atoms with Crippen LogP contribution in [0.1, 0.15) is 32.3 Å². The molecule has 5 heteroatoms. The van der Waals surface area contributed by atoms with E-state index < -0.39 is 6.10 Å². The molecule has 1 atom stereocenters. The van der Waals surface area contributed by atoms with Crippen molar-refractivity contribution < 1.29 is 24.4 Å². The highest BCUT2D eigenvalue weighted by molar-refractivity contribution is 5.62. The smallest absolute Gasteiger partial charge is 0.203 e. The van der Waals surface area contributed by atoms with Gasteiger partial charge >= 0.3 is 0 Å². The Kier molecular flexibility index (Phi) is 9.55. The molecule has 0 spiro atoms. The summed E-state index contributed by atoms with van der Waals surface area (Å²) in [6, 6.07) is 3.65. The van der Waals surface area contributed by atoms with Crippen LogP contribution >= 0.6 is 0 Å². The van der Waals surface area contributed by atoms with Gasteiger partial charge in [0.25, 0.3) is 0 Å². The van der Waals surface area contributed by atoms with Crippen LogP contribution in [-0.2, 0) is 0 Å². The molecular weight excluding hydrogens is 332 g/mol. The summed E-state index contributed by atoms with van der Waals surface area (Å²) in [5.74, 6) is 1.65. The van der Waals surface area contributed by atoms with Crippen LogP contribution in [0.5, 0.6) is 17.2 Å². The van der Waals surface area contributed by atoms with Gasteiger partial charge < -0.3 is 24.4 Å². The fraction of sp³-hybridized carbons (Fsp3) is 0.429. The Morgan fingerprint density at radius 3 is 2.31 bits per heavy atom. The minimum absolute atomic E-state index is 0.0347. The van der Waals surface area contributed by atoms with Crippen molar-refractivity contribution in [2.45, 2.75) is 32.8 Å². The molecule has 0 fully saturated rings. The second-order valence-electron chi connectivity index (χ2n) is 6.10. The van der Waals surface area contributed by atoms with Gasteiger partial charge in [0, 0.05) is 0 Å². The molecule has 5 nitrogen and oxygen atoms in total. The van der Waals surface area contributed by atoms with Gasteiger partial charge in [-0.05, 0) is 50.5 Å². The Labute approximate surface area is 156 Å². The third kappa shape index (κ3) is 6.94. The molecule has 0 unspecified atom stereocenters. The summed E-state index contributed by atoms with van der Waals surface area (Å²) in [4.78, 5) is 0. The lowest BCUT2D eigenvalue weighted by molar-refractivity contribution is 0.201. The van der Waals surface area contributed by atoms with Crippen LogP contribution in [0, 0.1) is 0 Å². The number of aliphatic hydroxyl groups is 2. The van der Waals surface area contributed by atoms with Crippen molar-refractivity contribution in [1.29, 1.82) is 0 Å². The summed E-state index contributed by atoms with van der Waals surface area (Å²) in [6.07, 6.45) is 6.35. The molecule has 0 radical (unpaired) electrons. The lowest BCUT2D eigenvalue weighted by Gasteiger charge is -2.15. The molecule has 0 aliphatic rings. The largest absolute Gasteiger partial charge is 0.493 e. The molecule has 144 valence electrons. The van der Waals surface area contributed by atoms with Crippen molar-refractivity contribution in [2.75, 3.05) is 27.4 Å². The normalized spacial score (nSPS) is 12.9. The predicted octanol–water partition coefficient (Wildman–Crippen LogP) is 3.75. The van der Waals surface area contributed by atoms with E-state index in [1.807, 2.05) is 32.1 Å². The van der Waals surface area contributed by atoms with E-state index in [2.05, 4.69) is 6.58 Å². The third-order valence-corrected chi connectivity index (χ3v) is 3.94. The Bertz CT molecular complexity index is 621.